The molecule has 2 bridgehead atoms. The molecular formula is C14H19N5O3. The highest BCUT2D eigenvalue weighted by Gasteiger charge is 2.63. The molecule has 0 aromatic carbocycles. The zero-order valence-electron chi connectivity index (χ0n) is 12.4. The van der Waals surface area contributed by atoms with Gasteiger partial charge in [0, 0.05) is 12.2 Å². The molecule has 3 fully saturated rings. The van der Waals surface area contributed by atoms with Crippen LogP contribution in [-0.4, -0.2) is 44.0 Å². The Balaban J connectivity index is 1.57. The van der Waals surface area contributed by atoms with Gasteiger partial charge in [-0.3, -0.25) is 5.21 Å². The van der Waals surface area contributed by atoms with E-state index < -0.39 is 0 Å². The number of piperidine rings is 1. The van der Waals surface area contributed by atoms with E-state index in [1.807, 2.05) is 6.92 Å². The van der Waals surface area contributed by atoms with E-state index in [0.29, 0.717) is 24.9 Å². The predicted molar refractivity (Wildman–Crippen MR) is 74.5 cm³/mol. The molecule has 1 aromatic rings. The maximum atomic E-state index is 12.2. The molecule has 1 spiro atoms. The molecule has 8 heteroatoms. The van der Waals surface area contributed by atoms with Gasteiger partial charge in [0.2, 0.25) is 11.8 Å². The van der Waals surface area contributed by atoms with Crippen molar-refractivity contribution in [1.82, 2.24) is 25.5 Å². The third kappa shape index (κ3) is 1.90. The van der Waals surface area contributed by atoms with Gasteiger partial charge in [-0.1, -0.05) is 6.58 Å². The summed E-state index contributed by atoms with van der Waals surface area (Å²) in [5.41, 5.74) is 0.843. The second-order valence-electron chi connectivity index (χ2n) is 6.55. The molecule has 3 heterocycles. The number of carbonyl (C=O) groups excluding carboxylic acids is 1. The van der Waals surface area contributed by atoms with Crippen molar-refractivity contribution in [2.24, 2.45) is 5.41 Å². The van der Waals surface area contributed by atoms with E-state index >= 15 is 0 Å². The minimum absolute atomic E-state index is 0.0205. The van der Waals surface area contributed by atoms with Crippen molar-refractivity contribution in [2.45, 2.75) is 44.8 Å². The standard InChI is InChI=1S/C14H19N5O3/c1-8(2)15-6-11-16-17-12(22-11)9-5-14(3-4-14)10-7-18(9)13(20)19(10)21/h9-10,15,21H,1,3-7H2,2H3/t9-,10-/m0/s1. The van der Waals surface area contributed by atoms with E-state index in [9.17, 15) is 10.0 Å². The van der Waals surface area contributed by atoms with Crippen LogP contribution in [0.15, 0.2) is 16.7 Å². The fourth-order valence-corrected chi connectivity index (χ4v) is 3.57. The normalized spacial score (nSPS) is 28.4. The first-order chi connectivity index (χ1) is 10.5. The van der Waals surface area contributed by atoms with Gasteiger partial charge in [0.15, 0.2) is 0 Å². The number of rotatable bonds is 4. The summed E-state index contributed by atoms with van der Waals surface area (Å²) in [6.07, 6.45) is 2.84. The lowest BCUT2D eigenvalue weighted by Gasteiger charge is -2.34. The van der Waals surface area contributed by atoms with Crippen molar-refractivity contribution in [3.8, 4) is 0 Å². The number of hydrogen-bond acceptors (Lipinski definition) is 6. The number of hydrogen-bond donors (Lipinski definition) is 2. The number of aromatic nitrogens is 2. The van der Waals surface area contributed by atoms with Gasteiger partial charge in [-0.2, -0.15) is 0 Å². The summed E-state index contributed by atoms with van der Waals surface area (Å²) in [6, 6.07) is -0.697. The van der Waals surface area contributed by atoms with Gasteiger partial charge in [0.1, 0.15) is 6.04 Å². The molecule has 2 atom stereocenters. The molecule has 3 aliphatic rings. The zero-order chi connectivity index (χ0) is 15.5. The molecule has 8 nitrogen and oxygen atoms in total. The molecule has 118 valence electrons. The van der Waals surface area contributed by atoms with Crippen LogP contribution in [0.25, 0.3) is 0 Å². The van der Waals surface area contributed by atoms with E-state index in [1.165, 1.54) is 0 Å². The molecule has 1 aliphatic carbocycles. The topological polar surface area (TPSA) is 94.7 Å². The van der Waals surface area contributed by atoms with Crippen molar-refractivity contribution in [2.75, 3.05) is 6.54 Å². The van der Waals surface area contributed by atoms with Crippen molar-refractivity contribution in [1.29, 1.82) is 0 Å². The smallest absolute Gasteiger partial charge is 0.344 e. The highest BCUT2D eigenvalue weighted by molar-refractivity contribution is 5.77. The summed E-state index contributed by atoms with van der Waals surface area (Å²) >= 11 is 0. The lowest BCUT2D eigenvalue weighted by atomic mass is 9.85. The Morgan fingerprint density at radius 2 is 2.32 bits per heavy atom. The van der Waals surface area contributed by atoms with Gasteiger partial charge in [-0.25, -0.2) is 9.86 Å². The predicted octanol–water partition coefficient (Wildman–Crippen LogP) is 1.41. The van der Waals surface area contributed by atoms with Crippen LogP contribution in [0.4, 0.5) is 4.79 Å². The zero-order valence-corrected chi connectivity index (χ0v) is 12.4. The average Bonchev–Trinajstić information content (AvgIpc) is 3.00. The van der Waals surface area contributed by atoms with E-state index in [1.54, 1.807) is 4.90 Å². The summed E-state index contributed by atoms with van der Waals surface area (Å²) in [4.78, 5) is 13.8. The summed E-state index contributed by atoms with van der Waals surface area (Å²) in [5, 5.41) is 22.1. The van der Waals surface area contributed by atoms with Crippen molar-refractivity contribution >= 4 is 6.03 Å². The van der Waals surface area contributed by atoms with Gasteiger partial charge in [0.25, 0.3) is 0 Å². The maximum Gasteiger partial charge on any atom is 0.344 e. The van der Waals surface area contributed by atoms with Crippen molar-refractivity contribution in [3.05, 3.63) is 24.1 Å². The number of amides is 2. The number of urea groups is 1. The number of carbonyl (C=O) groups is 1. The van der Waals surface area contributed by atoms with Gasteiger partial charge in [-0.15, -0.1) is 10.2 Å². The second kappa shape index (κ2) is 4.45. The Morgan fingerprint density at radius 3 is 3.00 bits per heavy atom. The van der Waals surface area contributed by atoms with Crippen molar-refractivity contribution in [3.63, 3.8) is 0 Å². The molecule has 0 unspecified atom stereocenters. The Hall–Kier alpha value is -2.09. The molecule has 2 N–H and O–H groups in total. The molecule has 4 rings (SSSR count). The molecule has 2 saturated heterocycles. The van der Waals surface area contributed by atoms with Crippen LogP contribution >= 0.6 is 0 Å². The Kier molecular flexibility index (Phi) is 2.75. The monoisotopic (exact) mass is 305 g/mol. The molecule has 22 heavy (non-hydrogen) atoms. The highest BCUT2D eigenvalue weighted by Crippen LogP contribution is 2.61. The fourth-order valence-electron chi connectivity index (χ4n) is 3.57. The number of nitrogens with one attached hydrogen (secondary N) is 1. The molecule has 2 amide bonds. The van der Waals surface area contributed by atoms with Crippen molar-refractivity contribution < 1.29 is 14.4 Å². The third-order valence-corrected chi connectivity index (χ3v) is 4.99. The number of fused-ring (bicyclic) bond motifs is 3. The highest BCUT2D eigenvalue weighted by atomic mass is 16.5. The van der Waals surface area contributed by atoms with E-state index in [-0.39, 0.29) is 23.5 Å². The molecule has 0 radical (unpaired) electrons. The lowest BCUT2D eigenvalue weighted by molar-refractivity contribution is -0.0783. The molecule has 1 aromatic heterocycles. The minimum atomic E-state index is -0.362. The largest absolute Gasteiger partial charge is 0.421 e. The first-order valence-electron chi connectivity index (χ1n) is 7.50. The summed E-state index contributed by atoms with van der Waals surface area (Å²) in [6.45, 7) is 6.56. The SMILES string of the molecule is C=C(C)NCc1nnc([C@@H]2CC3(CC3)[C@@H]3CN2C(=O)N3O)o1. The maximum absolute atomic E-state index is 12.2. The van der Waals surface area contributed by atoms with Crippen LogP contribution in [0.5, 0.6) is 0 Å². The van der Waals surface area contributed by atoms with Crippen LogP contribution in [0, 0.1) is 5.41 Å². The van der Waals surface area contributed by atoms with E-state index in [0.717, 1.165) is 30.0 Å². The first kappa shape index (κ1) is 13.6. The van der Waals surface area contributed by atoms with Gasteiger partial charge >= 0.3 is 6.03 Å². The minimum Gasteiger partial charge on any atom is -0.421 e. The van der Waals surface area contributed by atoms with E-state index in [4.69, 9.17) is 4.42 Å². The quantitative estimate of drug-likeness (QED) is 0.817. The summed E-state index contributed by atoms with van der Waals surface area (Å²) in [5.74, 6) is 0.921. The molecule has 1 saturated carbocycles. The summed E-state index contributed by atoms with van der Waals surface area (Å²) in [7, 11) is 0. The van der Waals surface area contributed by atoms with Crippen LogP contribution < -0.4 is 5.32 Å². The van der Waals surface area contributed by atoms with Gasteiger partial charge < -0.3 is 14.6 Å². The Morgan fingerprint density at radius 1 is 1.55 bits per heavy atom. The third-order valence-electron chi connectivity index (χ3n) is 4.99. The lowest BCUT2D eigenvalue weighted by Crippen LogP contribution is -2.41. The second-order valence-corrected chi connectivity index (χ2v) is 6.55. The van der Waals surface area contributed by atoms with Crippen LogP contribution in [0.3, 0.4) is 0 Å². The van der Waals surface area contributed by atoms with Gasteiger partial charge in [0.05, 0.1) is 12.6 Å². The van der Waals surface area contributed by atoms with E-state index in [2.05, 4.69) is 22.1 Å². The Bertz CT molecular complexity index is 638. The number of hydroxylamine groups is 2. The van der Waals surface area contributed by atoms with Gasteiger partial charge in [-0.05, 0) is 31.6 Å². The summed E-state index contributed by atoms with van der Waals surface area (Å²) < 4.78 is 5.71. The first-order valence-corrected chi connectivity index (χ1v) is 7.50. The number of nitrogens with zero attached hydrogens (tertiary/aromatic N) is 4. The van der Waals surface area contributed by atoms with Crippen LogP contribution in [0.2, 0.25) is 0 Å². The van der Waals surface area contributed by atoms with Crippen LogP contribution in [0.1, 0.15) is 44.0 Å². The Labute approximate surface area is 127 Å². The molecular weight excluding hydrogens is 286 g/mol. The fraction of sp³-hybridized carbons (Fsp3) is 0.643. The van der Waals surface area contributed by atoms with Crippen LogP contribution in [-0.2, 0) is 6.54 Å². The average molecular weight is 305 g/mol. The molecule has 2 aliphatic heterocycles. The number of allylic oxidation sites excluding steroid dienone is 1.